The summed E-state index contributed by atoms with van der Waals surface area (Å²) < 4.78 is 50.2. The minimum Gasteiger partial charge on any atom is -0.475 e. The van der Waals surface area contributed by atoms with Gasteiger partial charge >= 0.3 is 18.1 Å². The van der Waals surface area contributed by atoms with Crippen molar-refractivity contribution in [3.8, 4) is 10.6 Å². The number of aliphatic carboxylic acids is 1. The molecular weight excluding hydrogens is 466 g/mol. The Morgan fingerprint density at radius 3 is 2.39 bits per heavy atom. The zero-order valence-corrected chi connectivity index (χ0v) is 17.6. The summed E-state index contributed by atoms with van der Waals surface area (Å²) in [6, 6.07) is 10.2. The second kappa shape index (κ2) is 10.5. The van der Waals surface area contributed by atoms with Crippen molar-refractivity contribution in [1.82, 2.24) is 14.9 Å². The standard InChI is InChI=1S/C19H16FN3O2S.C2HF3O2/c20-15-5-3-13(4-6-15)10-23-11-16(12-23)25-19(24)17-9-22-18(26-17)14-2-1-7-21-8-14;3-2(4,5)1(6)7/h1-9,16H,10-12H2;(H,6,7). The van der Waals surface area contributed by atoms with Crippen molar-refractivity contribution >= 4 is 23.3 Å². The number of aromatic nitrogens is 2. The Bertz CT molecular complexity index is 1080. The van der Waals surface area contributed by atoms with E-state index in [1.807, 2.05) is 12.1 Å². The van der Waals surface area contributed by atoms with Crippen LogP contribution in [0.3, 0.4) is 0 Å². The number of likely N-dealkylation sites (tertiary alicyclic amines) is 1. The predicted molar refractivity (Wildman–Crippen MR) is 110 cm³/mol. The lowest BCUT2D eigenvalue weighted by Gasteiger charge is -2.38. The van der Waals surface area contributed by atoms with Gasteiger partial charge in [0, 0.05) is 37.6 Å². The summed E-state index contributed by atoms with van der Waals surface area (Å²) >= 11 is 1.30. The number of esters is 1. The molecule has 0 saturated carbocycles. The van der Waals surface area contributed by atoms with Gasteiger partial charge in [-0.15, -0.1) is 11.3 Å². The van der Waals surface area contributed by atoms with Crippen molar-refractivity contribution < 1.29 is 37.0 Å². The van der Waals surface area contributed by atoms with Crippen molar-refractivity contribution in [3.05, 3.63) is 71.2 Å². The Morgan fingerprint density at radius 1 is 1.15 bits per heavy atom. The Balaban J connectivity index is 0.000000383. The van der Waals surface area contributed by atoms with Crippen LogP contribution < -0.4 is 0 Å². The van der Waals surface area contributed by atoms with Gasteiger partial charge in [-0.2, -0.15) is 13.2 Å². The molecule has 7 nitrogen and oxygen atoms in total. The molecule has 33 heavy (non-hydrogen) atoms. The van der Waals surface area contributed by atoms with E-state index in [0.717, 1.165) is 22.7 Å². The van der Waals surface area contributed by atoms with Crippen molar-refractivity contribution in [2.45, 2.75) is 18.8 Å². The molecule has 0 bridgehead atoms. The number of rotatable bonds is 5. The van der Waals surface area contributed by atoms with Gasteiger partial charge < -0.3 is 9.84 Å². The van der Waals surface area contributed by atoms with Gasteiger partial charge in [0.25, 0.3) is 0 Å². The summed E-state index contributed by atoms with van der Waals surface area (Å²) in [5, 5.41) is 7.87. The van der Waals surface area contributed by atoms with E-state index in [1.54, 1.807) is 30.7 Å². The molecule has 0 unspecified atom stereocenters. The Labute approximate surface area is 189 Å². The molecule has 0 aliphatic carbocycles. The highest BCUT2D eigenvalue weighted by Gasteiger charge is 2.38. The minimum atomic E-state index is -5.08. The van der Waals surface area contributed by atoms with Gasteiger partial charge in [0.05, 0.1) is 6.20 Å². The molecule has 12 heteroatoms. The number of benzene rings is 1. The number of carboxylic acids is 1. The summed E-state index contributed by atoms with van der Waals surface area (Å²) in [5.41, 5.74) is 1.92. The minimum absolute atomic E-state index is 0.119. The Hall–Kier alpha value is -3.38. The number of carbonyl (C=O) groups is 2. The van der Waals surface area contributed by atoms with Crippen LogP contribution in [0.15, 0.2) is 55.0 Å². The maximum absolute atomic E-state index is 12.9. The number of alkyl halides is 3. The quantitative estimate of drug-likeness (QED) is 0.433. The molecule has 1 fully saturated rings. The molecule has 0 atom stereocenters. The molecule has 1 aromatic carbocycles. The fraction of sp³-hybridized carbons (Fsp3) is 0.238. The van der Waals surface area contributed by atoms with Crippen LogP contribution in [0, 0.1) is 5.82 Å². The van der Waals surface area contributed by atoms with E-state index in [4.69, 9.17) is 14.6 Å². The fourth-order valence-corrected chi connectivity index (χ4v) is 3.56. The number of halogens is 4. The highest BCUT2D eigenvalue weighted by molar-refractivity contribution is 7.16. The summed E-state index contributed by atoms with van der Waals surface area (Å²) in [6.45, 7) is 2.08. The third kappa shape index (κ3) is 7.05. The number of nitrogens with zero attached hydrogens (tertiary/aromatic N) is 3. The number of hydrogen-bond acceptors (Lipinski definition) is 7. The summed E-state index contributed by atoms with van der Waals surface area (Å²) in [5.74, 6) is -3.34. The van der Waals surface area contributed by atoms with E-state index >= 15 is 0 Å². The SMILES string of the molecule is O=C(O)C(F)(F)F.O=C(OC1CN(Cc2ccc(F)cc2)C1)c1cnc(-c2cccnc2)s1. The predicted octanol–water partition coefficient (Wildman–Crippen LogP) is 4.02. The van der Waals surface area contributed by atoms with Crippen molar-refractivity contribution in [3.63, 3.8) is 0 Å². The largest absolute Gasteiger partial charge is 0.490 e. The summed E-state index contributed by atoms with van der Waals surface area (Å²) in [6.07, 6.45) is -0.246. The average Bonchev–Trinajstić information content (AvgIpc) is 3.24. The van der Waals surface area contributed by atoms with Gasteiger partial charge in [-0.05, 0) is 29.8 Å². The normalized spacial score (nSPS) is 14.1. The molecule has 4 rings (SSSR count). The third-order valence-corrected chi connectivity index (χ3v) is 5.40. The van der Waals surface area contributed by atoms with Gasteiger partial charge in [0.15, 0.2) is 0 Å². The summed E-state index contributed by atoms with van der Waals surface area (Å²) in [4.78, 5) is 32.1. The lowest BCUT2D eigenvalue weighted by molar-refractivity contribution is -0.192. The topological polar surface area (TPSA) is 92.6 Å². The smallest absolute Gasteiger partial charge is 0.475 e. The van der Waals surface area contributed by atoms with Gasteiger partial charge in [-0.3, -0.25) is 9.88 Å². The van der Waals surface area contributed by atoms with Crippen LogP contribution in [0.5, 0.6) is 0 Å². The van der Waals surface area contributed by atoms with E-state index in [2.05, 4.69) is 14.9 Å². The Kier molecular flexibility index (Phi) is 7.71. The van der Waals surface area contributed by atoms with E-state index in [1.165, 1.54) is 23.5 Å². The lowest BCUT2D eigenvalue weighted by atomic mass is 10.1. The van der Waals surface area contributed by atoms with E-state index < -0.39 is 12.1 Å². The first kappa shape index (κ1) is 24.3. The van der Waals surface area contributed by atoms with Gasteiger partial charge in [0.1, 0.15) is 21.8 Å². The van der Waals surface area contributed by atoms with Crippen LogP contribution in [0.4, 0.5) is 17.6 Å². The maximum Gasteiger partial charge on any atom is 0.490 e. The van der Waals surface area contributed by atoms with Crippen LogP contribution in [0.25, 0.3) is 10.6 Å². The van der Waals surface area contributed by atoms with E-state index in [9.17, 15) is 22.4 Å². The van der Waals surface area contributed by atoms with Crippen LogP contribution >= 0.6 is 11.3 Å². The van der Waals surface area contributed by atoms with Gasteiger partial charge in [-0.25, -0.2) is 19.0 Å². The average molecular weight is 483 g/mol. The van der Waals surface area contributed by atoms with Crippen LogP contribution in [0.2, 0.25) is 0 Å². The second-order valence-electron chi connectivity index (χ2n) is 6.92. The molecule has 3 heterocycles. The molecule has 1 aliphatic rings. The molecular formula is C21H17F4N3O4S. The van der Waals surface area contributed by atoms with Crippen molar-refractivity contribution in [2.75, 3.05) is 13.1 Å². The van der Waals surface area contributed by atoms with Crippen molar-refractivity contribution in [2.24, 2.45) is 0 Å². The van der Waals surface area contributed by atoms with Gasteiger partial charge in [-0.1, -0.05) is 12.1 Å². The van der Waals surface area contributed by atoms with Crippen LogP contribution in [0.1, 0.15) is 15.2 Å². The number of carboxylic acid groups (broad SMARTS) is 1. The number of pyridine rings is 1. The fourth-order valence-electron chi connectivity index (χ4n) is 2.77. The first-order valence-electron chi connectivity index (χ1n) is 9.46. The molecule has 174 valence electrons. The maximum atomic E-state index is 12.9. The highest BCUT2D eigenvalue weighted by Crippen LogP contribution is 2.26. The van der Waals surface area contributed by atoms with Gasteiger partial charge in [0.2, 0.25) is 0 Å². The molecule has 0 spiro atoms. The number of thiazole rings is 1. The molecule has 3 aromatic rings. The molecule has 2 aromatic heterocycles. The van der Waals surface area contributed by atoms with E-state index in [0.29, 0.717) is 18.0 Å². The molecule has 0 radical (unpaired) electrons. The highest BCUT2D eigenvalue weighted by atomic mass is 32.1. The van der Waals surface area contributed by atoms with E-state index in [-0.39, 0.29) is 17.9 Å². The first-order valence-corrected chi connectivity index (χ1v) is 10.3. The zero-order valence-electron chi connectivity index (χ0n) is 16.8. The molecule has 1 saturated heterocycles. The monoisotopic (exact) mass is 483 g/mol. The Morgan fingerprint density at radius 2 is 1.82 bits per heavy atom. The molecule has 1 N–H and O–H groups in total. The molecule has 0 amide bonds. The number of carbonyl (C=O) groups excluding carboxylic acids is 1. The van der Waals surface area contributed by atoms with Crippen LogP contribution in [-0.4, -0.2) is 57.3 Å². The van der Waals surface area contributed by atoms with Crippen LogP contribution in [-0.2, 0) is 16.1 Å². The molecule has 1 aliphatic heterocycles. The van der Waals surface area contributed by atoms with Crippen molar-refractivity contribution in [1.29, 1.82) is 0 Å². The second-order valence-corrected chi connectivity index (χ2v) is 7.95. The zero-order chi connectivity index (χ0) is 24.0. The number of ether oxygens (including phenoxy) is 1. The first-order chi connectivity index (χ1) is 15.6. The lowest BCUT2D eigenvalue weighted by Crippen LogP contribution is -2.52. The summed E-state index contributed by atoms with van der Waals surface area (Å²) in [7, 11) is 0. The third-order valence-electron chi connectivity index (χ3n) is 4.37. The number of hydrogen-bond donors (Lipinski definition) is 1.